The molecule has 6 nitrogen and oxygen atoms in total. The van der Waals surface area contributed by atoms with Crippen LogP contribution >= 0.6 is 0 Å². The second-order valence-electron chi connectivity index (χ2n) is 6.10. The molecule has 1 aromatic heterocycles. The summed E-state index contributed by atoms with van der Waals surface area (Å²) in [6.45, 7) is 8.30. The molecular weight excluding hydrogens is 256 g/mol. The second kappa shape index (κ2) is 6.37. The summed E-state index contributed by atoms with van der Waals surface area (Å²) in [5, 5.41) is 17.1. The number of nitrogens with one attached hydrogen (secondary N) is 1. The molecule has 0 radical (unpaired) electrons. The fourth-order valence-corrected chi connectivity index (χ4v) is 2.27. The summed E-state index contributed by atoms with van der Waals surface area (Å²) in [6, 6.07) is 0.216. The van der Waals surface area contributed by atoms with Crippen molar-refractivity contribution in [2.24, 2.45) is 0 Å². The topological polar surface area (TPSA) is 70.4 Å². The molecule has 0 spiro atoms. The highest BCUT2D eigenvalue weighted by atomic mass is 16.3. The van der Waals surface area contributed by atoms with Gasteiger partial charge in [0.05, 0.1) is 17.4 Å². The highest BCUT2D eigenvalue weighted by Crippen LogP contribution is 2.13. The maximum atomic E-state index is 12.1. The van der Waals surface area contributed by atoms with Crippen LogP contribution in [0.3, 0.4) is 0 Å². The van der Waals surface area contributed by atoms with E-state index in [0.29, 0.717) is 12.1 Å². The van der Waals surface area contributed by atoms with Crippen molar-refractivity contribution in [2.75, 3.05) is 27.2 Å². The first-order chi connectivity index (χ1) is 9.14. The van der Waals surface area contributed by atoms with E-state index in [1.165, 1.54) is 0 Å². The zero-order chi connectivity index (χ0) is 15.5. The summed E-state index contributed by atoms with van der Waals surface area (Å²) < 4.78 is 1.81. The molecule has 1 rings (SSSR count). The van der Waals surface area contributed by atoms with Crippen LogP contribution in [0.25, 0.3) is 0 Å². The van der Waals surface area contributed by atoms with Crippen molar-refractivity contribution in [2.45, 2.75) is 39.3 Å². The van der Waals surface area contributed by atoms with Gasteiger partial charge in [-0.1, -0.05) is 0 Å². The molecule has 1 atom stereocenters. The van der Waals surface area contributed by atoms with Crippen molar-refractivity contribution < 1.29 is 9.90 Å². The molecule has 6 heteroatoms. The first-order valence-electron chi connectivity index (χ1n) is 6.83. The van der Waals surface area contributed by atoms with Crippen LogP contribution in [-0.2, 0) is 0 Å². The first kappa shape index (κ1) is 16.7. The number of carbonyl (C=O) groups excluding carboxylic acids is 1. The van der Waals surface area contributed by atoms with Gasteiger partial charge < -0.3 is 15.3 Å². The molecule has 0 aliphatic carbocycles. The Kier molecular flexibility index (Phi) is 5.30. The predicted octanol–water partition coefficient (Wildman–Crippen LogP) is 0.815. The zero-order valence-corrected chi connectivity index (χ0v) is 13.3. The van der Waals surface area contributed by atoms with Gasteiger partial charge in [0.15, 0.2) is 0 Å². The lowest BCUT2D eigenvalue weighted by atomic mass is 10.1. The minimum Gasteiger partial charge on any atom is -0.387 e. The van der Waals surface area contributed by atoms with Crippen molar-refractivity contribution in [1.82, 2.24) is 20.0 Å². The number of likely N-dealkylation sites (N-methyl/N-ethyl adjacent to an activating group) is 1. The Balaban J connectivity index is 2.68. The van der Waals surface area contributed by atoms with Gasteiger partial charge in [-0.15, -0.1) is 0 Å². The highest BCUT2D eigenvalue weighted by molar-refractivity contribution is 5.95. The van der Waals surface area contributed by atoms with Crippen LogP contribution in [0.5, 0.6) is 0 Å². The quantitative estimate of drug-likeness (QED) is 0.810. The summed E-state index contributed by atoms with van der Waals surface area (Å²) in [5.74, 6) is -0.201. The SMILES string of the molecule is Cc1c(C(=O)NCC(C)(O)CN(C)C)cnn1C(C)C. The van der Waals surface area contributed by atoms with Gasteiger partial charge in [0, 0.05) is 24.8 Å². The van der Waals surface area contributed by atoms with E-state index in [1.54, 1.807) is 13.1 Å². The maximum Gasteiger partial charge on any atom is 0.254 e. The van der Waals surface area contributed by atoms with Crippen molar-refractivity contribution in [3.8, 4) is 0 Å². The van der Waals surface area contributed by atoms with Crippen LogP contribution in [0.15, 0.2) is 6.20 Å². The average molecular weight is 282 g/mol. The Hall–Kier alpha value is -1.40. The van der Waals surface area contributed by atoms with Crippen LogP contribution in [0.4, 0.5) is 0 Å². The lowest BCUT2D eigenvalue weighted by Gasteiger charge is -2.27. The lowest BCUT2D eigenvalue weighted by molar-refractivity contribution is 0.0326. The highest BCUT2D eigenvalue weighted by Gasteiger charge is 2.23. The number of rotatable bonds is 6. The Morgan fingerprint density at radius 1 is 1.55 bits per heavy atom. The van der Waals surface area contributed by atoms with Crippen molar-refractivity contribution >= 4 is 5.91 Å². The van der Waals surface area contributed by atoms with Gasteiger partial charge in [0.25, 0.3) is 5.91 Å². The molecule has 114 valence electrons. The molecule has 20 heavy (non-hydrogen) atoms. The van der Waals surface area contributed by atoms with E-state index in [2.05, 4.69) is 10.4 Å². The number of amides is 1. The van der Waals surface area contributed by atoms with Crippen molar-refractivity contribution in [3.05, 3.63) is 17.5 Å². The van der Waals surface area contributed by atoms with Gasteiger partial charge in [-0.05, 0) is 41.8 Å². The standard InChI is InChI=1S/C14H26N4O2/c1-10(2)18-11(3)12(7-16-18)13(19)15-8-14(4,20)9-17(5)6/h7,10,20H,8-9H2,1-6H3,(H,15,19). The van der Waals surface area contributed by atoms with E-state index in [0.717, 1.165) is 5.69 Å². The molecule has 0 fully saturated rings. The van der Waals surface area contributed by atoms with Crippen LogP contribution in [0.1, 0.15) is 42.9 Å². The average Bonchev–Trinajstić information content (AvgIpc) is 2.66. The fourth-order valence-electron chi connectivity index (χ4n) is 2.27. The third-order valence-corrected chi connectivity index (χ3v) is 3.07. The second-order valence-corrected chi connectivity index (χ2v) is 6.10. The summed E-state index contributed by atoms with van der Waals surface area (Å²) in [4.78, 5) is 14.0. The fraction of sp³-hybridized carbons (Fsp3) is 0.714. The van der Waals surface area contributed by atoms with Gasteiger partial charge in [-0.2, -0.15) is 5.10 Å². The lowest BCUT2D eigenvalue weighted by Crippen LogP contribution is -2.47. The zero-order valence-electron chi connectivity index (χ0n) is 13.3. The molecule has 1 aromatic rings. The van der Waals surface area contributed by atoms with Crippen molar-refractivity contribution in [3.63, 3.8) is 0 Å². The molecular formula is C14H26N4O2. The maximum absolute atomic E-state index is 12.1. The van der Waals surface area contributed by atoms with E-state index in [-0.39, 0.29) is 18.5 Å². The predicted molar refractivity (Wildman–Crippen MR) is 78.9 cm³/mol. The molecule has 0 aliphatic heterocycles. The van der Waals surface area contributed by atoms with E-state index in [9.17, 15) is 9.90 Å². The summed E-state index contributed by atoms with van der Waals surface area (Å²) >= 11 is 0. The molecule has 0 bridgehead atoms. The first-order valence-corrected chi connectivity index (χ1v) is 6.83. The molecule has 0 aliphatic rings. The van der Waals surface area contributed by atoms with Gasteiger partial charge in [0.2, 0.25) is 0 Å². The minimum atomic E-state index is -0.957. The Bertz CT molecular complexity index is 464. The molecule has 0 aromatic carbocycles. The van der Waals surface area contributed by atoms with Crippen LogP contribution in [0, 0.1) is 6.92 Å². The molecule has 0 saturated carbocycles. The Morgan fingerprint density at radius 2 is 2.15 bits per heavy atom. The smallest absolute Gasteiger partial charge is 0.254 e. The molecule has 1 heterocycles. The van der Waals surface area contributed by atoms with Gasteiger partial charge in [0.1, 0.15) is 0 Å². The van der Waals surface area contributed by atoms with Gasteiger partial charge >= 0.3 is 0 Å². The molecule has 1 unspecified atom stereocenters. The number of carbonyl (C=O) groups is 1. The minimum absolute atomic E-state index is 0.201. The molecule has 2 N–H and O–H groups in total. The number of hydrogen-bond acceptors (Lipinski definition) is 4. The van der Waals surface area contributed by atoms with E-state index >= 15 is 0 Å². The van der Waals surface area contributed by atoms with Crippen LogP contribution < -0.4 is 5.32 Å². The summed E-state index contributed by atoms with van der Waals surface area (Å²) in [5.41, 5.74) is 0.435. The molecule has 1 amide bonds. The van der Waals surface area contributed by atoms with Gasteiger partial charge in [-0.3, -0.25) is 9.48 Å². The Morgan fingerprint density at radius 3 is 2.60 bits per heavy atom. The number of hydrogen-bond donors (Lipinski definition) is 2. The van der Waals surface area contributed by atoms with E-state index in [4.69, 9.17) is 0 Å². The van der Waals surface area contributed by atoms with Crippen molar-refractivity contribution in [1.29, 1.82) is 0 Å². The van der Waals surface area contributed by atoms with Crippen LogP contribution in [-0.4, -0.2) is 58.5 Å². The number of nitrogens with zero attached hydrogens (tertiary/aromatic N) is 3. The third kappa shape index (κ3) is 4.31. The molecule has 0 saturated heterocycles. The van der Waals surface area contributed by atoms with E-state index in [1.807, 2.05) is 44.4 Å². The normalized spacial score (nSPS) is 14.7. The number of aromatic nitrogens is 2. The third-order valence-electron chi connectivity index (χ3n) is 3.07. The van der Waals surface area contributed by atoms with Gasteiger partial charge in [-0.25, -0.2) is 0 Å². The largest absolute Gasteiger partial charge is 0.387 e. The Labute approximate surface area is 120 Å². The summed E-state index contributed by atoms with van der Waals surface area (Å²) in [7, 11) is 3.76. The van der Waals surface area contributed by atoms with Crippen LogP contribution in [0.2, 0.25) is 0 Å². The van der Waals surface area contributed by atoms with E-state index < -0.39 is 5.60 Å². The monoisotopic (exact) mass is 282 g/mol. The summed E-state index contributed by atoms with van der Waals surface area (Å²) in [6.07, 6.45) is 1.57. The number of aliphatic hydroxyl groups is 1.